The molecule has 1 heterocycles. The summed E-state index contributed by atoms with van der Waals surface area (Å²) < 4.78 is 1.15. The monoisotopic (exact) mass is 307 g/mol. The first-order chi connectivity index (χ1) is 9.97. The van der Waals surface area contributed by atoms with Crippen molar-refractivity contribution in [2.45, 2.75) is 19.8 Å². The highest BCUT2D eigenvalue weighted by molar-refractivity contribution is 6.30. The molecule has 0 radical (unpaired) electrons. The van der Waals surface area contributed by atoms with Gasteiger partial charge in [-0.05, 0) is 18.6 Å². The van der Waals surface area contributed by atoms with Crippen LogP contribution in [0.4, 0.5) is 5.69 Å². The Balaban J connectivity index is 2.79. The van der Waals surface area contributed by atoms with Gasteiger partial charge in [0.05, 0.1) is 16.9 Å². The largest absolute Gasteiger partial charge is 0.376 e. The van der Waals surface area contributed by atoms with Crippen molar-refractivity contribution < 1.29 is 0 Å². The fourth-order valence-electron chi connectivity index (χ4n) is 2.26. The first-order valence-corrected chi connectivity index (χ1v) is 7.15. The predicted molar refractivity (Wildman–Crippen MR) is 86.0 cm³/mol. The highest BCUT2D eigenvalue weighted by Crippen LogP contribution is 2.20. The molecule has 0 aliphatic rings. The second kappa shape index (κ2) is 6.18. The summed E-state index contributed by atoms with van der Waals surface area (Å²) in [5, 5.41) is 0.130. The fraction of sp³-hybridized carbons (Fsp3) is 0.333. The Morgan fingerprint density at radius 3 is 2.52 bits per heavy atom. The van der Waals surface area contributed by atoms with Crippen molar-refractivity contribution in [2.75, 3.05) is 19.0 Å². The molecule has 0 aliphatic heterocycles. The van der Waals surface area contributed by atoms with E-state index in [4.69, 9.17) is 11.6 Å². The molecule has 0 fully saturated rings. The van der Waals surface area contributed by atoms with Crippen LogP contribution >= 0.6 is 11.6 Å². The van der Waals surface area contributed by atoms with Gasteiger partial charge in [-0.1, -0.05) is 37.1 Å². The summed E-state index contributed by atoms with van der Waals surface area (Å²) in [5.74, 6) is 0. The van der Waals surface area contributed by atoms with E-state index in [0.29, 0.717) is 17.7 Å². The molecular weight excluding hydrogens is 290 g/mol. The molecule has 0 spiro atoms. The lowest BCUT2D eigenvalue weighted by Gasteiger charge is -2.18. The SMILES string of the molecule is CCCc1c(Cl)[nH]c(=O)n(-c2ccccc2N(C)C)c1=O. The molecule has 6 heteroatoms. The molecule has 2 aromatic rings. The summed E-state index contributed by atoms with van der Waals surface area (Å²) in [5.41, 5.74) is 0.879. The average Bonchev–Trinajstić information content (AvgIpc) is 2.43. The summed E-state index contributed by atoms with van der Waals surface area (Å²) >= 11 is 6.00. The lowest BCUT2D eigenvalue weighted by molar-refractivity contribution is 0.810. The number of nitrogens with zero attached hydrogens (tertiary/aromatic N) is 2. The smallest absolute Gasteiger partial charge is 0.334 e. The number of benzene rings is 1. The van der Waals surface area contributed by atoms with E-state index in [2.05, 4.69) is 4.98 Å². The third-order valence-corrected chi connectivity index (χ3v) is 3.57. The molecular formula is C15H18ClN3O2. The molecule has 0 aliphatic carbocycles. The van der Waals surface area contributed by atoms with Crippen LogP contribution in [0.2, 0.25) is 5.15 Å². The molecule has 1 aromatic carbocycles. The molecule has 0 amide bonds. The van der Waals surface area contributed by atoms with E-state index in [1.807, 2.05) is 38.1 Å². The number of aromatic nitrogens is 2. The quantitative estimate of drug-likeness (QED) is 0.881. The third kappa shape index (κ3) is 2.88. The van der Waals surface area contributed by atoms with Crippen LogP contribution in [0.5, 0.6) is 0 Å². The Morgan fingerprint density at radius 1 is 1.24 bits per heavy atom. The van der Waals surface area contributed by atoms with Gasteiger partial charge in [0.15, 0.2) is 0 Å². The van der Waals surface area contributed by atoms with Gasteiger partial charge in [-0.2, -0.15) is 0 Å². The zero-order valence-corrected chi connectivity index (χ0v) is 13.1. The van der Waals surface area contributed by atoms with Crippen LogP contribution in [-0.4, -0.2) is 23.6 Å². The second-order valence-electron chi connectivity index (χ2n) is 5.00. The topological polar surface area (TPSA) is 58.1 Å². The van der Waals surface area contributed by atoms with Gasteiger partial charge in [0.25, 0.3) is 5.56 Å². The van der Waals surface area contributed by atoms with Gasteiger partial charge in [-0.3, -0.25) is 9.78 Å². The number of aromatic amines is 1. The fourth-order valence-corrected chi connectivity index (χ4v) is 2.52. The van der Waals surface area contributed by atoms with Crippen LogP contribution in [0, 0.1) is 0 Å². The van der Waals surface area contributed by atoms with Crippen LogP contribution in [0.15, 0.2) is 33.9 Å². The Hall–Kier alpha value is -2.01. The summed E-state index contributed by atoms with van der Waals surface area (Å²) in [6.07, 6.45) is 1.30. The number of halogens is 1. The van der Waals surface area contributed by atoms with Crippen LogP contribution in [-0.2, 0) is 6.42 Å². The number of rotatable bonds is 4. The van der Waals surface area contributed by atoms with Crippen molar-refractivity contribution in [1.82, 2.24) is 9.55 Å². The zero-order valence-electron chi connectivity index (χ0n) is 12.3. The van der Waals surface area contributed by atoms with Crippen LogP contribution in [0.1, 0.15) is 18.9 Å². The molecule has 0 saturated heterocycles. The Bertz CT molecular complexity index is 762. The van der Waals surface area contributed by atoms with Gasteiger partial charge in [0.1, 0.15) is 5.15 Å². The molecule has 5 nitrogen and oxygen atoms in total. The average molecular weight is 308 g/mol. The van der Waals surface area contributed by atoms with E-state index in [0.717, 1.165) is 16.7 Å². The molecule has 0 bridgehead atoms. The molecule has 1 aromatic heterocycles. The van der Waals surface area contributed by atoms with Crippen molar-refractivity contribution in [3.05, 3.63) is 55.8 Å². The Labute approximate surface area is 127 Å². The van der Waals surface area contributed by atoms with E-state index in [9.17, 15) is 9.59 Å². The second-order valence-corrected chi connectivity index (χ2v) is 5.37. The van der Waals surface area contributed by atoms with Gasteiger partial charge in [-0.15, -0.1) is 0 Å². The maximum absolute atomic E-state index is 12.6. The summed E-state index contributed by atoms with van der Waals surface area (Å²) in [6, 6.07) is 7.26. The summed E-state index contributed by atoms with van der Waals surface area (Å²) in [6.45, 7) is 1.96. The van der Waals surface area contributed by atoms with Gasteiger partial charge < -0.3 is 4.90 Å². The van der Waals surface area contributed by atoms with Gasteiger partial charge in [-0.25, -0.2) is 9.36 Å². The molecule has 2 rings (SSSR count). The lowest BCUT2D eigenvalue weighted by Crippen LogP contribution is -2.37. The highest BCUT2D eigenvalue weighted by Gasteiger charge is 2.16. The normalized spacial score (nSPS) is 10.7. The maximum atomic E-state index is 12.6. The van der Waals surface area contributed by atoms with Crippen LogP contribution in [0.25, 0.3) is 5.69 Å². The number of hydrogen-bond acceptors (Lipinski definition) is 3. The highest BCUT2D eigenvalue weighted by atomic mass is 35.5. The van der Waals surface area contributed by atoms with Gasteiger partial charge in [0, 0.05) is 14.1 Å². The molecule has 21 heavy (non-hydrogen) atoms. The molecule has 1 N–H and O–H groups in total. The van der Waals surface area contributed by atoms with Crippen molar-refractivity contribution >= 4 is 17.3 Å². The van der Waals surface area contributed by atoms with E-state index >= 15 is 0 Å². The molecule has 0 atom stereocenters. The minimum atomic E-state index is -0.529. The van der Waals surface area contributed by atoms with Crippen molar-refractivity contribution in [2.24, 2.45) is 0 Å². The minimum absolute atomic E-state index is 0.130. The molecule has 112 valence electrons. The predicted octanol–water partition coefficient (Wildman–Crippen LogP) is 2.20. The Morgan fingerprint density at radius 2 is 1.90 bits per heavy atom. The molecule has 0 unspecified atom stereocenters. The molecule has 0 saturated carbocycles. The number of anilines is 1. The number of nitrogens with one attached hydrogen (secondary N) is 1. The Kier molecular flexibility index (Phi) is 4.53. The van der Waals surface area contributed by atoms with E-state index in [1.54, 1.807) is 12.1 Å². The van der Waals surface area contributed by atoms with Crippen molar-refractivity contribution in [1.29, 1.82) is 0 Å². The van der Waals surface area contributed by atoms with E-state index < -0.39 is 5.69 Å². The van der Waals surface area contributed by atoms with Crippen LogP contribution in [0.3, 0.4) is 0 Å². The van der Waals surface area contributed by atoms with Crippen molar-refractivity contribution in [3.8, 4) is 5.69 Å². The minimum Gasteiger partial charge on any atom is -0.376 e. The van der Waals surface area contributed by atoms with Gasteiger partial charge in [0.2, 0.25) is 0 Å². The van der Waals surface area contributed by atoms with Gasteiger partial charge >= 0.3 is 5.69 Å². The summed E-state index contributed by atoms with van der Waals surface area (Å²) in [4.78, 5) is 29.2. The number of hydrogen-bond donors (Lipinski definition) is 1. The number of H-pyrrole nitrogens is 1. The van der Waals surface area contributed by atoms with Crippen molar-refractivity contribution in [3.63, 3.8) is 0 Å². The van der Waals surface area contributed by atoms with E-state index in [-0.39, 0.29) is 10.7 Å². The maximum Gasteiger partial charge on any atom is 0.334 e. The lowest BCUT2D eigenvalue weighted by atomic mass is 10.2. The number of para-hydroxylation sites is 2. The standard InChI is InChI=1S/C15H18ClN3O2/c1-4-7-10-13(16)17-15(21)19(14(10)20)12-9-6-5-8-11(12)18(2)3/h5-6,8-9H,4,7H2,1-3H3,(H,17,21). The zero-order chi connectivity index (χ0) is 15.6. The summed E-state index contributed by atoms with van der Waals surface area (Å²) in [7, 11) is 3.72. The first-order valence-electron chi connectivity index (χ1n) is 6.77. The third-order valence-electron chi connectivity index (χ3n) is 3.25. The van der Waals surface area contributed by atoms with Crippen LogP contribution < -0.4 is 16.1 Å². The first kappa shape index (κ1) is 15.4. The van der Waals surface area contributed by atoms with E-state index in [1.165, 1.54) is 0 Å².